The van der Waals surface area contributed by atoms with Crippen LogP contribution in [0.4, 0.5) is 0 Å². The molecule has 2 saturated heterocycles. The van der Waals surface area contributed by atoms with Gasteiger partial charge in [-0.25, -0.2) is 0 Å². The molecule has 0 spiro atoms. The zero-order chi connectivity index (χ0) is 14.5. The standard InChI is InChI=1S/C13H23N5O2S/c1-19-6-5-18-15-13(14-16-18)12-10-17(4-7-20-12)11-2-8-21-9-3-11/h11-12H,2-10H2,1H3. The van der Waals surface area contributed by atoms with Crippen LogP contribution in [-0.2, 0) is 16.0 Å². The van der Waals surface area contributed by atoms with Gasteiger partial charge in [0.05, 0.1) is 19.8 Å². The molecule has 2 fully saturated rings. The zero-order valence-electron chi connectivity index (χ0n) is 12.5. The van der Waals surface area contributed by atoms with E-state index in [2.05, 4.69) is 32.1 Å². The van der Waals surface area contributed by atoms with Crippen LogP contribution in [0.2, 0.25) is 0 Å². The molecule has 0 bridgehead atoms. The first kappa shape index (κ1) is 15.2. The fourth-order valence-corrected chi connectivity index (χ4v) is 3.94. The minimum absolute atomic E-state index is 0.0513. The molecule has 1 aromatic heterocycles. The Morgan fingerprint density at radius 3 is 3.05 bits per heavy atom. The molecule has 3 heterocycles. The number of tetrazole rings is 1. The highest BCUT2D eigenvalue weighted by atomic mass is 32.2. The number of hydrogen-bond acceptors (Lipinski definition) is 7. The highest BCUT2D eigenvalue weighted by molar-refractivity contribution is 7.99. The van der Waals surface area contributed by atoms with Crippen molar-refractivity contribution in [3.8, 4) is 0 Å². The van der Waals surface area contributed by atoms with Crippen molar-refractivity contribution in [3.63, 3.8) is 0 Å². The van der Waals surface area contributed by atoms with Crippen molar-refractivity contribution in [3.05, 3.63) is 5.82 Å². The lowest BCUT2D eigenvalue weighted by atomic mass is 10.1. The van der Waals surface area contributed by atoms with E-state index in [1.54, 1.807) is 11.9 Å². The lowest BCUT2D eigenvalue weighted by molar-refractivity contribution is -0.0501. The molecule has 1 atom stereocenters. The first-order chi connectivity index (χ1) is 10.4. The van der Waals surface area contributed by atoms with Gasteiger partial charge < -0.3 is 9.47 Å². The summed E-state index contributed by atoms with van der Waals surface area (Å²) in [6.45, 7) is 3.86. The lowest BCUT2D eigenvalue weighted by Crippen LogP contribution is -2.46. The van der Waals surface area contributed by atoms with Crippen LogP contribution in [-0.4, -0.2) is 76.1 Å². The van der Waals surface area contributed by atoms with Crippen molar-refractivity contribution in [2.45, 2.75) is 31.5 Å². The van der Waals surface area contributed by atoms with Gasteiger partial charge in [-0.2, -0.15) is 16.6 Å². The van der Waals surface area contributed by atoms with Gasteiger partial charge in [0.2, 0.25) is 5.82 Å². The van der Waals surface area contributed by atoms with Crippen LogP contribution in [0.25, 0.3) is 0 Å². The fourth-order valence-electron chi connectivity index (χ4n) is 2.86. The summed E-state index contributed by atoms with van der Waals surface area (Å²) in [6, 6.07) is 0.696. The predicted molar refractivity (Wildman–Crippen MR) is 80.3 cm³/mol. The number of ether oxygens (including phenoxy) is 2. The van der Waals surface area contributed by atoms with Crippen molar-refractivity contribution in [1.82, 2.24) is 25.1 Å². The molecule has 118 valence electrons. The molecule has 21 heavy (non-hydrogen) atoms. The average molecular weight is 313 g/mol. The molecular weight excluding hydrogens is 290 g/mol. The first-order valence-corrected chi connectivity index (χ1v) is 8.72. The third-order valence-electron chi connectivity index (χ3n) is 4.06. The molecule has 0 aliphatic carbocycles. The molecule has 0 amide bonds. The Bertz CT molecular complexity index is 438. The van der Waals surface area contributed by atoms with E-state index in [1.807, 2.05) is 0 Å². The van der Waals surface area contributed by atoms with E-state index in [4.69, 9.17) is 9.47 Å². The van der Waals surface area contributed by atoms with Crippen molar-refractivity contribution < 1.29 is 9.47 Å². The minimum Gasteiger partial charge on any atom is -0.383 e. The third kappa shape index (κ3) is 3.94. The van der Waals surface area contributed by atoms with Crippen molar-refractivity contribution in [1.29, 1.82) is 0 Å². The van der Waals surface area contributed by atoms with Crippen molar-refractivity contribution >= 4 is 11.8 Å². The zero-order valence-corrected chi connectivity index (χ0v) is 13.3. The fraction of sp³-hybridized carbons (Fsp3) is 0.923. The summed E-state index contributed by atoms with van der Waals surface area (Å²) in [5.41, 5.74) is 0. The molecule has 0 aromatic carbocycles. The summed E-state index contributed by atoms with van der Waals surface area (Å²) in [4.78, 5) is 4.13. The van der Waals surface area contributed by atoms with E-state index in [1.165, 1.54) is 24.3 Å². The number of thioether (sulfide) groups is 1. The summed E-state index contributed by atoms with van der Waals surface area (Å²) < 4.78 is 10.9. The second-order valence-corrected chi connectivity index (χ2v) is 6.66. The molecule has 7 nitrogen and oxygen atoms in total. The van der Waals surface area contributed by atoms with Gasteiger partial charge in [0.25, 0.3) is 0 Å². The van der Waals surface area contributed by atoms with Gasteiger partial charge in [-0.3, -0.25) is 4.90 Å². The normalized spacial score (nSPS) is 25.3. The highest BCUT2D eigenvalue weighted by Crippen LogP contribution is 2.26. The third-order valence-corrected chi connectivity index (χ3v) is 5.11. The lowest BCUT2D eigenvalue weighted by Gasteiger charge is -2.38. The topological polar surface area (TPSA) is 65.3 Å². The van der Waals surface area contributed by atoms with Crippen LogP contribution in [0.15, 0.2) is 0 Å². The van der Waals surface area contributed by atoms with Crippen LogP contribution < -0.4 is 0 Å². The summed E-state index contributed by atoms with van der Waals surface area (Å²) >= 11 is 2.06. The Hall–Kier alpha value is -0.700. The maximum Gasteiger partial charge on any atom is 0.204 e. The largest absolute Gasteiger partial charge is 0.383 e. The monoisotopic (exact) mass is 313 g/mol. The Morgan fingerprint density at radius 1 is 1.38 bits per heavy atom. The smallest absolute Gasteiger partial charge is 0.204 e. The Labute approximate surface area is 129 Å². The molecule has 0 N–H and O–H groups in total. The van der Waals surface area contributed by atoms with Gasteiger partial charge in [0, 0.05) is 26.2 Å². The van der Waals surface area contributed by atoms with E-state index >= 15 is 0 Å². The molecular formula is C13H23N5O2S. The molecule has 1 aromatic rings. The number of morpholine rings is 1. The Kier molecular flexibility index (Phi) is 5.45. The van der Waals surface area contributed by atoms with E-state index in [0.717, 1.165) is 19.7 Å². The van der Waals surface area contributed by atoms with Crippen LogP contribution >= 0.6 is 11.8 Å². The SMILES string of the molecule is COCCn1nnc(C2CN(C3CCSCC3)CCO2)n1. The molecule has 1 unspecified atom stereocenters. The van der Waals surface area contributed by atoms with Gasteiger partial charge in [-0.05, 0) is 29.6 Å². The van der Waals surface area contributed by atoms with Crippen LogP contribution in [0, 0.1) is 0 Å². The molecule has 8 heteroatoms. The van der Waals surface area contributed by atoms with Gasteiger partial charge in [-0.15, -0.1) is 10.2 Å². The molecule has 2 aliphatic rings. The summed E-state index contributed by atoms with van der Waals surface area (Å²) in [5.74, 6) is 3.25. The second-order valence-electron chi connectivity index (χ2n) is 5.43. The van der Waals surface area contributed by atoms with E-state index in [0.29, 0.717) is 25.0 Å². The number of aromatic nitrogens is 4. The van der Waals surface area contributed by atoms with Gasteiger partial charge >= 0.3 is 0 Å². The minimum atomic E-state index is -0.0513. The Balaban J connectivity index is 1.58. The summed E-state index contributed by atoms with van der Waals surface area (Å²) in [6.07, 6.45) is 2.51. The van der Waals surface area contributed by atoms with Crippen molar-refractivity contribution in [2.24, 2.45) is 0 Å². The quantitative estimate of drug-likeness (QED) is 0.788. The van der Waals surface area contributed by atoms with Crippen molar-refractivity contribution in [2.75, 3.05) is 44.9 Å². The predicted octanol–water partition coefficient (Wildman–Crippen LogP) is 0.588. The number of methoxy groups -OCH3 is 1. The van der Waals surface area contributed by atoms with E-state index in [9.17, 15) is 0 Å². The first-order valence-electron chi connectivity index (χ1n) is 7.57. The van der Waals surface area contributed by atoms with Gasteiger partial charge in [0.15, 0.2) is 0 Å². The maximum absolute atomic E-state index is 5.85. The summed E-state index contributed by atoms with van der Waals surface area (Å²) in [5, 5.41) is 12.6. The van der Waals surface area contributed by atoms with Crippen LogP contribution in [0.1, 0.15) is 24.8 Å². The van der Waals surface area contributed by atoms with Gasteiger partial charge in [0.1, 0.15) is 6.10 Å². The number of hydrogen-bond donors (Lipinski definition) is 0. The van der Waals surface area contributed by atoms with E-state index < -0.39 is 0 Å². The molecule has 0 radical (unpaired) electrons. The van der Waals surface area contributed by atoms with Crippen LogP contribution in [0.5, 0.6) is 0 Å². The molecule has 3 rings (SSSR count). The van der Waals surface area contributed by atoms with Gasteiger partial charge in [-0.1, -0.05) is 0 Å². The van der Waals surface area contributed by atoms with Crippen LogP contribution in [0.3, 0.4) is 0 Å². The number of nitrogens with zero attached hydrogens (tertiary/aromatic N) is 5. The number of rotatable bonds is 5. The summed E-state index contributed by atoms with van der Waals surface area (Å²) in [7, 11) is 1.67. The Morgan fingerprint density at radius 2 is 2.24 bits per heavy atom. The second kappa shape index (κ2) is 7.53. The average Bonchev–Trinajstić information content (AvgIpc) is 3.03. The molecule has 0 saturated carbocycles. The van der Waals surface area contributed by atoms with E-state index in [-0.39, 0.29) is 6.10 Å². The maximum atomic E-state index is 5.85. The highest BCUT2D eigenvalue weighted by Gasteiger charge is 2.30. The molecule has 2 aliphatic heterocycles.